The normalized spacial score (nSPS) is 10.9. The lowest BCUT2D eigenvalue weighted by molar-refractivity contribution is 0.103. The second-order valence-electron chi connectivity index (χ2n) is 9.39. The van der Waals surface area contributed by atoms with Gasteiger partial charge in [-0.15, -0.1) is 0 Å². The summed E-state index contributed by atoms with van der Waals surface area (Å²) in [6.45, 7) is 0. The lowest BCUT2D eigenvalue weighted by Gasteiger charge is -2.13. The number of methoxy groups -OCH3 is 4. The highest BCUT2D eigenvalue weighted by Crippen LogP contribution is 2.30. The number of hydrogen-bond donors (Lipinski definition) is 2. The minimum absolute atomic E-state index is 0.128. The molecule has 0 unspecified atom stereocenters. The van der Waals surface area contributed by atoms with Gasteiger partial charge in [-0.25, -0.2) is 0 Å². The summed E-state index contributed by atoms with van der Waals surface area (Å²) in [7, 11) is 6.38. The van der Waals surface area contributed by atoms with Crippen LogP contribution in [-0.4, -0.2) is 40.0 Å². The van der Waals surface area contributed by atoms with Crippen molar-refractivity contribution in [2.75, 3.05) is 39.1 Å². The predicted octanol–water partition coefficient (Wildman–Crippen LogP) is 6.93. The molecule has 0 spiro atoms. The number of hydrogen-bond acceptors (Lipinski definition) is 8. The average Bonchev–Trinajstić information content (AvgIpc) is 3.05. The molecule has 8 heteroatoms. The van der Waals surface area contributed by atoms with Crippen LogP contribution in [0.25, 0.3) is 0 Å². The molecule has 0 atom stereocenters. The maximum atomic E-state index is 12.5. The van der Waals surface area contributed by atoms with Crippen molar-refractivity contribution in [3.8, 4) is 23.0 Å². The lowest BCUT2D eigenvalue weighted by Crippen LogP contribution is -1.99. The fourth-order valence-corrected chi connectivity index (χ4v) is 4.28. The van der Waals surface area contributed by atoms with Crippen LogP contribution >= 0.6 is 0 Å². The molecule has 0 bridgehead atoms. The molecule has 8 nitrogen and oxygen atoms in total. The molecule has 0 amide bonds. The van der Waals surface area contributed by atoms with E-state index < -0.39 is 0 Å². The minimum Gasteiger partial charge on any atom is -0.497 e. The topological polar surface area (TPSA) is 95.1 Å². The van der Waals surface area contributed by atoms with Crippen molar-refractivity contribution < 1.29 is 28.5 Å². The summed E-state index contributed by atoms with van der Waals surface area (Å²) in [5.74, 6) is 2.43. The maximum absolute atomic E-state index is 12.5. The Morgan fingerprint density at radius 3 is 1.30 bits per heavy atom. The van der Waals surface area contributed by atoms with Crippen LogP contribution < -0.4 is 29.6 Å². The van der Waals surface area contributed by atoms with Crippen molar-refractivity contribution in [1.29, 1.82) is 0 Å². The SMILES string of the molecule is COc1ccc(C(=O)/C=C\Nc2ccc(Cc3ccc(N/C=C/C(=O)c4ccc(OC)cc4)c(OC)c3)cc2OC)cc1. The van der Waals surface area contributed by atoms with E-state index in [1.807, 2.05) is 36.4 Å². The van der Waals surface area contributed by atoms with E-state index >= 15 is 0 Å². The van der Waals surface area contributed by atoms with Gasteiger partial charge in [0, 0.05) is 35.7 Å². The van der Waals surface area contributed by atoms with Crippen molar-refractivity contribution in [3.63, 3.8) is 0 Å². The molecule has 0 aliphatic heterocycles. The molecule has 0 fully saturated rings. The Hall–Kier alpha value is -5.50. The summed E-state index contributed by atoms with van der Waals surface area (Å²) in [4.78, 5) is 24.9. The van der Waals surface area contributed by atoms with E-state index in [0.717, 1.165) is 22.5 Å². The summed E-state index contributed by atoms with van der Waals surface area (Å²) >= 11 is 0. The third kappa shape index (κ3) is 8.27. The van der Waals surface area contributed by atoms with Crippen molar-refractivity contribution in [2.45, 2.75) is 6.42 Å². The molecule has 0 radical (unpaired) electrons. The zero-order chi connectivity index (χ0) is 30.6. The predicted molar refractivity (Wildman–Crippen MR) is 169 cm³/mol. The largest absolute Gasteiger partial charge is 0.497 e. The third-order valence-electron chi connectivity index (χ3n) is 6.64. The second-order valence-corrected chi connectivity index (χ2v) is 9.39. The first-order valence-corrected chi connectivity index (χ1v) is 13.5. The highest BCUT2D eigenvalue weighted by atomic mass is 16.5. The summed E-state index contributed by atoms with van der Waals surface area (Å²) in [6.07, 6.45) is 6.78. The zero-order valence-electron chi connectivity index (χ0n) is 24.5. The average molecular weight is 579 g/mol. The van der Waals surface area contributed by atoms with E-state index in [0.29, 0.717) is 40.5 Å². The van der Waals surface area contributed by atoms with Crippen LogP contribution in [0.3, 0.4) is 0 Å². The Kier molecular flexibility index (Phi) is 10.6. The van der Waals surface area contributed by atoms with Gasteiger partial charge >= 0.3 is 0 Å². The van der Waals surface area contributed by atoms with Gasteiger partial charge in [0.2, 0.25) is 0 Å². The van der Waals surface area contributed by atoms with E-state index in [9.17, 15) is 9.59 Å². The Bertz CT molecular complexity index is 1490. The molecular formula is C35H34N2O6. The monoisotopic (exact) mass is 578 g/mol. The van der Waals surface area contributed by atoms with Gasteiger partial charge in [-0.05, 0) is 90.3 Å². The van der Waals surface area contributed by atoms with Gasteiger partial charge in [0.15, 0.2) is 11.6 Å². The maximum Gasteiger partial charge on any atom is 0.187 e. The van der Waals surface area contributed by atoms with Crippen LogP contribution in [0.4, 0.5) is 11.4 Å². The van der Waals surface area contributed by atoms with Gasteiger partial charge < -0.3 is 29.6 Å². The number of carbonyl (C=O) groups excluding carboxylic acids is 2. The van der Waals surface area contributed by atoms with Crippen LogP contribution in [0.1, 0.15) is 31.8 Å². The molecule has 0 saturated carbocycles. The summed E-state index contributed by atoms with van der Waals surface area (Å²) in [5.41, 5.74) is 4.67. The number of rotatable bonds is 14. The van der Waals surface area contributed by atoms with Gasteiger partial charge in [-0.3, -0.25) is 9.59 Å². The molecule has 0 aromatic heterocycles. The number of ketones is 2. The molecule has 4 aromatic rings. The molecule has 0 saturated heterocycles. The van der Waals surface area contributed by atoms with Gasteiger partial charge in [-0.1, -0.05) is 12.1 Å². The lowest BCUT2D eigenvalue weighted by atomic mass is 10.0. The van der Waals surface area contributed by atoms with Crippen molar-refractivity contribution >= 4 is 22.9 Å². The zero-order valence-corrected chi connectivity index (χ0v) is 24.5. The fourth-order valence-electron chi connectivity index (χ4n) is 4.28. The van der Waals surface area contributed by atoms with Crippen LogP contribution in [0.5, 0.6) is 23.0 Å². The van der Waals surface area contributed by atoms with E-state index in [2.05, 4.69) is 10.6 Å². The first-order chi connectivity index (χ1) is 20.9. The number of nitrogens with one attached hydrogen (secondary N) is 2. The summed E-state index contributed by atoms with van der Waals surface area (Å²) in [5, 5.41) is 6.26. The smallest absolute Gasteiger partial charge is 0.187 e. The van der Waals surface area contributed by atoms with Crippen LogP contribution in [-0.2, 0) is 6.42 Å². The van der Waals surface area contributed by atoms with Crippen LogP contribution in [0, 0.1) is 0 Å². The molecule has 0 heterocycles. The Labute approximate surface area is 251 Å². The minimum atomic E-state index is -0.128. The first-order valence-electron chi connectivity index (χ1n) is 13.5. The molecule has 0 aliphatic carbocycles. The van der Waals surface area contributed by atoms with E-state index in [-0.39, 0.29) is 11.6 Å². The van der Waals surface area contributed by atoms with E-state index in [1.54, 1.807) is 89.4 Å². The second kappa shape index (κ2) is 14.9. The molecule has 4 aromatic carbocycles. The molecule has 2 N–H and O–H groups in total. The summed E-state index contributed by atoms with van der Waals surface area (Å²) < 4.78 is 21.5. The van der Waals surface area contributed by atoms with Gasteiger partial charge in [0.05, 0.1) is 39.8 Å². The fraction of sp³-hybridized carbons (Fsp3) is 0.143. The Balaban J connectivity index is 1.37. The summed E-state index contributed by atoms with van der Waals surface area (Å²) in [6, 6.07) is 25.6. The van der Waals surface area contributed by atoms with Crippen molar-refractivity contribution in [3.05, 3.63) is 132 Å². The van der Waals surface area contributed by atoms with Gasteiger partial charge in [-0.2, -0.15) is 0 Å². The number of allylic oxidation sites excluding steroid dienone is 2. The number of ether oxygens (including phenoxy) is 4. The third-order valence-corrected chi connectivity index (χ3v) is 6.64. The van der Waals surface area contributed by atoms with E-state index in [4.69, 9.17) is 18.9 Å². The molecule has 4 rings (SSSR count). The number of carbonyl (C=O) groups is 2. The van der Waals surface area contributed by atoms with Gasteiger partial charge in [0.25, 0.3) is 0 Å². The van der Waals surface area contributed by atoms with Crippen LogP contribution in [0.15, 0.2) is 109 Å². The Morgan fingerprint density at radius 2 is 0.953 bits per heavy atom. The first kappa shape index (κ1) is 30.5. The quantitative estimate of drug-likeness (QED) is 0.123. The Morgan fingerprint density at radius 1 is 0.558 bits per heavy atom. The standard InChI is InChI=1S/C35H34N2O6/c1-40-28-11-7-26(8-12-28)32(38)17-19-36-30-15-5-24(22-34(30)42-3)21-25-6-16-31(35(23-25)43-4)37-20-18-33(39)27-9-13-29(41-2)14-10-27/h5-20,22-23,36-37H,21H2,1-4H3/b19-17-,20-18+. The van der Waals surface area contributed by atoms with Crippen molar-refractivity contribution in [2.24, 2.45) is 0 Å². The highest BCUT2D eigenvalue weighted by Gasteiger charge is 2.09. The van der Waals surface area contributed by atoms with Crippen molar-refractivity contribution in [1.82, 2.24) is 0 Å². The molecule has 0 aliphatic rings. The highest BCUT2D eigenvalue weighted by molar-refractivity contribution is 6.05. The van der Waals surface area contributed by atoms with E-state index in [1.165, 1.54) is 12.2 Å². The molecular weight excluding hydrogens is 544 g/mol. The van der Waals surface area contributed by atoms with Gasteiger partial charge in [0.1, 0.15) is 23.0 Å². The van der Waals surface area contributed by atoms with Crippen LogP contribution in [0.2, 0.25) is 0 Å². The molecule has 43 heavy (non-hydrogen) atoms. The number of anilines is 2. The number of benzene rings is 4. The molecule has 220 valence electrons.